The van der Waals surface area contributed by atoms with E-state index in [2.05, 4.69) is 6.58 Å². The summed E-state index contributed by atoms with van der Waals surface area (Å²) in [5.41, 5.74) is -0.509. The lowest BCUT2D eigenvalue weighted by Gasteiger charge is -1.96. The van der Waals surface area contributed by atoms with Crippen LogP contribution in [0.5, 0.6) is 0 Å². The van der Waals surface area contributed by atoms with Gasteiger partial charge in [-0.15, -0.1) is 0 Å². The first-order valence-electron chi connectivity index (χ1n) is 3.48. The van der Waals surface area contributed by atoms with Crippen LogP contribution in [0, 0.1) is 0 Å². The Balaban J connectivity index is 5.06. The van der Waals surface area contributed by atoms with Crippen molar-refractivity contribution in [2.24, 2.45) is 0 Å². The van der Waals surface area contributed by atoms with E-state index in [1.165, 1.54) is 0 Å². The third-order valence-electron chi connectivity index (χ3n) is 1.24. The van der Waals surface area contributed by atoms with Gasteiger partial charge in [-0.25, -0.2) is 13.2 Å². The van der Waals surface area contributed by atoms with E-state index in [1.807, 2.05) is 0 Å². The molecule has 0 saturated heterocycles. The van der Waals surface area contributed by atoms with Crippen LogP contribution in [0.4, 0.5) is 13.2 Å². The van der Waals surface area contributed by atoms with E-state index in [4.69, 9.17) is 0 Å². The fourth-order valence-electron chi connectivity index (χ4n) is 0.644. The van der Waals surface area contributed by atoms with Crippen molar-refractivity contribution in [3.05, 3.63) is 36.0 Å². The summed E-state index contributed by atoms with van der Waals surface area (Å²) in [6.45, 7) is 2.76. The van der Waals surface area contributed by atoms with Crippen molar-refractivity contribution in [1.82, 2.24) is 0 Å². The van der Waals surface area contributed by atoms with Gasteiger partial charge in [0.1, 0.15) is 18.3 Å². The molecule has 0 aliphatic carbocycles. The molecule has 0 spiro atoms. The van der Waals surface area contributed by atoms with Crippen LogP contribution in [-0.2, 0) is 4.79 Å². The third-order valence-corrected chi connectivity index (χ3v) is 1.24. The van der Waals surface area contributed by atoms with Gasteiger partial charge in [0.05, 0.1) is 5.57 Å². The van der Waals surface area contributed by atoms with Crippen LogP contribution in [0.15, 0.2) is 36.0 Å². The molecule has 0 saturated carbocycles. The van der Waals surface area contributed by atoms with Gasteiger partial charge < -0.3 is 0 Å². The van der Waals surface area contributed by atoms with Gasteiger partial charge in [0.15, 0.2) is 5.78 Å². The lowest BCUT2D eigenvalue weighted by molar-refractivity contribution is -0.113. The Labute approximate surface area is 74.2 Å². The van der Waals surface area contributed by atoms with E-state index in [1.54, 1.807) is 0 Å². The van der Waals surface area contributed by atoms with Crippen LogP contribution >= 0.6 is 0 Å². The summed E-state index contributed by atoms with van der Waals surface area (Å²) in [6.07, 6.45) is 1.29. The molecule has 1 nitrogen and oxygen atoms in total. The average molecular weight is 190 g/mol. The first-order valence-corrected chi connectivity index (χ1v) is 3.48. The Morgan fingerprint density at radius 1 is 1.46 bits per heavy atom. The Morgan fingerprint density at radius 2 is 2.00 bits per heavy atom. The van der Waals surface area contributed by atoms with Crippen molar-refractivity contribution in [3.8, 4) is 0 Å². The SMILES string of the molecule is C=C/C(F)=C(\C=C(\F)CF)C(C)=O. The predicted octanol–water partition coefficient (Wildman–Crippen LogP) is 2.81. The van der Waals surface area contributed by atoms with E-state index >= 15 is 0 Å². The number of hydrogen-bond acceptors (Lipinski definition) is 1. The number of carbonyl (C=O) groups excluding carboxylic acids is 1. The van der Waals surface area contributed by atoms with Crippen molar-refractivity contribution in [3.63, 3.8) is 0 Å². The number of alkyl halides is 1. The Morgan fingerprint density at radius 3 is 2.31 bits per heavy atom. The minimum atomic E-state index is -1.36. The molecular formula is C9H9F3O. The maximum absolute atomic E-state index is 12.8. The van der Waals surface area contributed by atoms with E-state index < -0.39 is 29.7 Å². The smallest absolute Gasteiger partial charge is 0.162 e. The predicted molar refractivity (Wildman–Crippen MR) is 44.2 cm³/mol. The summed E-state index contributed by atoms with van der Waals surface area (Å²) in [6, 6.07) is 0. The molecule has 0 aromatic rings. The molecule has 0 unspecified atom stereocenters. The van der Waals surface area contributed by atoms with Crippen LogP contribution in [0.25, 0.3) is 0 Å². The fourth-order valence-corrected chi connectivity index (χ4v) is 0.644. The van der Waals surface area contributed by atoms with Gasteiger partial charge >= 0.3 is 0 Å². The van der Waals surface area contributed by atoms with Crippen LogP contribution in [0.1, 0.15) is 6.92 Å². The largest absolute Gasteiger partial charge is 0.294 e. The van der Waals surface area contributed by atoms with Gasteiger partial charge in [-0.05, 0) is 19.1 Å². The minimum Gasteiger partial charge on any atom is -0.294 e. The maximum atomic E-state index is 12.8. The third kappa shape index (κ3) is 3.73. The quantitative estimate of drug-likeness (QED) is 0.492. The number of ketones is 1. The van der Waals surface area contributed by atoms with Gasteiger partial charge in [0.25, 0.3) is 0 Å². The van der Waals surface area contributed by atoms with Gasteiger partial charge in [-0.1, -0.05) is 6.58 Å². The molecule has 4 heteroatoms. The first-order chi connectivity index (χ1) is 6.02. The monoisotopic (exact) mass is 190 g/mol. The van der Waals surface area contributed by atoms with Gasteiger partial charge in [0, 0.05) is 0 Å². The molecule has 13 heavy (non-hydrogen) atoms. The molecule has 72 valence electrons. The number of carbonyl (C=O) groups is 1. The molecule has 0 aromatic heterocycles. The van der Waals surface area contributed by atoms with Gasteiger partial charge in [-0.3, -0.25) is 4.79 Å². The molecule has 0 rings (SSSR count). The Hall–Kier alpha value is -1.32. The molecule has 0 aliphatic heterocycles. The molecule has 0 amide bonds. The summed E-state index contributed by atoms with van der Waals surface area (Å²) in [5, 5.41) is 0. The highest BCUT2D eigenvalue weighted by molar-refractivity contribution is 5.97. The molecule has 0 aliphatic rings. The summed E-state index contributed by atoms with van der Waals surface area (Å²) in [4.78, 5) is 10.7. The Bertz CT molecular complexity index is 277. The number of allylic oxidation sites excluding steroid dienone is 5. The first kappa shape index (κ1) is 11.7. The summed E-state index contributed by atoms with van der Waals surface area (Å²) >= 11 is 0. The summed E-state index contributed by atoms with van der Waals surface area (Å²) in [5.74, 6) is -2.83. The van der Waals surface area contributed by atoms with E-state index in [-0.39, 0.29) is 0 Å². The zero-order valence-electron chi connectivity index (χ0n) is 7.11. The molecule has 0 radical (unpaired) electrons. The topological polar surface area (TPSA) is 17.1 Å². The maximum Gasteiger partial charge on any atom is 0.162 e. The highest BCUT2D eigenvalue weighted by atomic mass is 19.2. The zero-order chi connectivity index (χ0) is 10.4. The van der Waals surface area contributed by atoms with Crippen molar-refractivity contribution < 1.29 is 18.0 Å². The molecular weight excluding hydrogens is 181 g/mol. The van der Waals surface area contributed by atoms with E-state index in [0.717, 1.165) is 13.0 Å². The van der Waals surface area contributed by atoms with Gasteiger partial charge in [0.2, 0.25) is 0 Å². The zero-order valence-corrected chi connectivity index (χ0v) is 7.11. The lowest BCUT2D eigenvalue weighted by Crippen LogP contribution is -1.96. The van der Waals surface area contributed by atoms with Crippen LogP contribution in [0.2, 0.25) is 0 Å². The second-order valence-corrected chi connectivity index (χ2v) is 2.25. The standard InChI is InChI=1S/C9H9F3O/c1-3-9(12)8(6(2)13)4-7(11)5-10/h3-4H,1,5H2,2H3/b7-4+,9-8-. The Kier molecular flexibility index (Phi) is 4.80. The van der Waals surface area contributed by atoms with Gasteiger partial charge in [-0.2, -0.15) is 0 Å². The highest BCUT2D eigenvalue weighted by Gasteiger charge is 2.08. The van der Waals surface area contributed by atoms with Crippen molar-refractivity contribution in [2.45, 2.75) is 6.92 Å². The van der Waals surface area contributed by atoms with E-state index in [0.29, 0.717) is 6.08 Å². The minimum absolute atomic E-state index is 0.509. The number of Topliss-reactive ketones (excluding diaryl/α,β-unsaturated/α-hetero) is 1. The number of hydrogen-bond donors (Lipinski definition) is 0. The summed E-state index contributed by atoms with van der Waals surface area (Å²) < 4.78 is 36.7. The van der Waals surface area contributed by atoms with E-state index in [9.17, 15) is 18.0 Å². The highest BCUT2D eigenvalue weighted by Crippen LogP contribution is 2.13. The molecule has 0 aromatic carbocycles. The fraction of sp³-hybridized carbons (Fsp3) is 0.222. The number of rotatable bonds is 4. The van der Waals surface area contributed by atoms with Crippen LogP contribution in [0.3, 0.4) is 0 Å². The molecule has 0 atom stereocenters. The molecule has 0 N–H and O–H groups in total. The second kappa shape index (κ2) is 5.35. The molecule has 0 bridgehead atoms. The van der Waals surface area contributed by atoms with Crippen molar-refractivity contribution in [2.75, 3.05) is 6.67 Å². The average Bonchev–Trinajstić information content (AvgIpc) is 2.11. The number of halogens is 3. The second-order valence-electron chi connectivity index (χ2n) is 2.25. The van der Waals surface area contributed by atoms with Crippen LogP contribution in [-0.4, -0.2) is 12.5 Å². The van der Waals surface area contributed by atoms with Crippen molar-refractivity contribution >= 4 is 5.78 Å². The van der Waals surface area contributed by atoms with Crippen molar-refractivity contribution in [1.29, 1.82) is 0 Å². The van der Waals surface area contributed by atoms with Crippen LogP contribution < -0.4 is 0 Å². The summed E-state index contributed by atoms with van der Waals surface area (Å²) in [7, 11) is 0. The molecule has 0 fully saturated rings. The molecule has 0 heterocycles. The normalized spacial score (nSPS) is 13.7. The lowest BCUT2D eigenvalue weighted by atomic mass is 10.1.